The number of rotatable bonds is 8. The van der Waals surface area contributed by atoms with Gasteiger partial charge in [0.2, 0.25) is 0 Å². The number of carbonyl (C=O) groups is 2. The number of amides is 1. The van der Waals surface area contributed by atoms with E-state index in [4.69, 9.17) is 18.7 Å². The van der Waals surface area contributed by atoms with Gasteiger partial charge in [0, 0.05) is 17.2 Å². The lowest BCUT2D eigenvalue weighted by molar-refractivity contribution is -0.132. The molecule has 1 fully saturated rings. The summed E-state index contributed by atoms with van der Waals surface area (Å²) in [5.41, 5.74) is 0.690. The minimum absolute atomic E-state index is 0.107. The highest BCUT2D eigenvalue weighted by Gasteiger charge is 2.49. The van der Waals surface area contributed by atoms with Crippen molar-refractivity contribution in [3.05, 3.63) is 71.0 Å². The molecule has 1 aromatic heterocycles. The first-order valence-electron chi connectivity index (χ1n) is 11.1. The van der Waals surface area contributed by atoms with E-state index in [0.29, 0.717) is 40.7 Å². The van der Waals surface area contributed by atoms with E-state index in [0.717, 1.165) is 6.42 Å². The maximum atomic E-state index is 13.3. The number of hydrogen-bond donors (Lipinski definition) is 1. The second kappa shape index (κ2) is 9.92. The normalized spacial score (nSPS) is 17.0. The predicted molar refractivity (Wildman–Crippen MR) is 128 cm³/mol. The fraction of sp³-hybridized carbons (Fsp3) is 0.269. The Morgan fingerprint density at radius 3 is 2.46 bits per heavy atom. The average molecular weight is 479 g/mol. The van der Waals surface area contributed by atoms with Gasteiger partial charge in [0.1, 0.15) is 23.3 Å². The fourth-order valence-electron chi connectivity index (χ4n) is 4.04. The van der Waals surface area contributed by atoms with Crippen molar-refractivity contribution >= 4 is 23.3 Å². The van der Waals surface area contributed by atoms with Crippen LogP contribution >= 0.6 is 0 Å². The van der Waals surface area contributed by atoms with Gasteiger partial charge in [0.05, 0.1) is 26.4 Å². The van der Waals surface area contributed by atoms with Crippen molar-refractivity contribution in [1.29, 1.82) is 0 Å². The van der Waals surface area contributed by atoms with Crippen LogP contribution in [0, 0.1) is 6.92 Å². The summed E-state index contributed by atoms with van der Waals surface area (Å²) in [6, 6.07) is 12.3. The summed E-state index contributed by atoms with van der Waals surface area (Å²) in [4.78, 5) is 27.7. The monoisotopic (exact) mass is 478 g/mol. The largest absolute Gasteiger partial charge is 0.507 e. The average Bonchev–Trinajstić information content (AvgIpc) is 3.42. The van der Waals surface area contributed by atoms with Crippen molar-refractivity contribution in [3.8, 4) is 17.2 Å². The summed E-state index contributed by atoms with van der Waals surface area (Å²) >= 11 is 0. The second-order valence-corrected chi connectivity index (χ2v) is 7.92. The molecule has 0 spiro atoms. The van der Waals surface area contributed by atoms with Crippen LogP contribution in [0.15, 0.2) is 58.6 Å². The highest BCUT2D eigenvalue weighted by atomic mass is 16.5. The molecule has 0 unspecified atom stereocenters. The molecule has 2 aromatic carbocycles. The maximum Gasteiger partial charge on any atom is 0.301 e. The number of anilines is 1. The summed E-state index contributed by atoms with van der Waals surface area (Å²) in [7, 11) is 2.95. The number of benzene rings is 2. The summed E-state index contributed by atoms with van der Waals surface area (Å²) in [6.07, 6.45) is 0.856. The molecule has 3 aromatic rings. The van der Waals surface area contributed by atoms with Gasteiger partial charge in [0.15, 0.2) is 17.3 Å². The number of Topliss-reactive ketones (excluding diaryl/α,β-unsaturated/α-hetero) is 1. The van der Waals surface area contributed by atoms with Crippen molar-refractivity contribution in [2.45, 2.75) is 26.3 Å². The van der Waals surface area contributed by atoms with Gasteiger partial charge in [-0.25, -0.2) is 0 Å². The van der Waals surface area contributed by atoms with Crippen molar-refractivity contribution in [2.75, 3.05) is 25.7 Å². The molecule has 0 bridgehead atoms. The van der Waals surface area contributed by atoms with Crippen LogP contribution in [0.3, 0.4) is 0 Å². The lowest BCUT2D eigenvalue weighted by atomic mass is 9.94. The van der Waals surface area contributed by atoms with Crippen LogP contribution in [0.1, 0.15) is 36.3 Å². The number of hydrogen-bond acceptors (Lipinski definition) is 8. The van der Waals surface area contributed by atoms with Gasteiger partial charge in [0.25, 0.3) is 5.78 Å². The zero-order valence-corrected chi connectivity index (χ0v) is 19.9. The van der Waals surface area contributed by atoms with Crippen molar-refractivity contribution in [3.63, 3.8) is 0 Å². The van der Waals surface area contributed by atoms with Crippen LogP contribution in [-0.4, -0.2) is 42.8 Å². The lowest BCUT2D eigenvalue weighted by Gasteiger charge is -2.25. The third-order valence-electron chi connectivity index (χ3n) is 5.64. The van der Waals surface area contributed by atoms with Crippen LogP contribution in [0.5, 0.6) is 17.2 Å². The van der Waals surface area contributed by atoms with E-state index in [2.05, 4.69) is 5.16 Å². The molecule has 1 aliphatic heterocycles. The van der Waals surface area contributed by atoms with E-state index in [9.17, 15) is 14.7 Å². The summed E-state index contributed by atoms with van der Waals surface area (Å²) < 4.78 is 21.8. The molecule has 1 aliphatic rings. The second-order valence-electron chi connectivity index (χ2n) is 7.92. The van der Waals surface area contributed by atoms with E-state index in [1.54, 1.807) is 55.5 Å². The molecule has 9 heteroatoms. The van der Waals surface area contributed by atoms with E-state index in [-0.39, 0.29) is 17.2 Å². The molecule has 0 radical (unpaired) electrons. The molecule has 0 aliphatic carbocycles. The Morgan fingerprint density at radius 2 is 1.86 bits per heavy atom. The Morgan fingerprint density at radius 1 is 1.11 bits per heavy atom. The zero-order chi connectivity index (χ0) is 25.1. The molecular weight excluding hydrogens is 452 g/mol. The van der Waals surface area contributed by atoms with Crippen LogP contribution in [-0.2, 0) is 9.59 Å². The SMILES string of the molecule is CCCOc1ccc(C(O)=C2C(=O)C(=O)N(c3cc(C)on3)[C@@H]2c2cccc(OC)c2OC)cc1. The van der Waals surface area contributed by atoms with E-state index in [1.807, 2.05) is 6.92 Å². The smallest absolute Gasteiger partial charge is 0.301 e. The number of para-hydroxylation sites is 1. The molecule has 35 heavy (non-hydrogen) atoms. The number of aliphatic hydroxyl groups is 1. The van der Waals surface area contributed by atoms with Crippen molar-refractivity contribution in [2.24, 2.45) is 0 Å². The summed E-state index contributed by atoms with van der Waals surface area (Å²) in [6.45, 7) is 4.24. The minimum atomic E-state index is -1.04. The van der Waals surface area contributed by atoms with Crippen LogP contribution in [0.25, 0.3) is 5.76 Å². The van der Waals surface area contributed by atoms with Gasteiger partial charge in [-0.3, -0.25) is 14.5 Å². The lowest BCUT2D eigenvalue weighted by Crippen LogP contribution is -2.30. The Labute approximate surface area is 202 Å². The predicted octanol–water partition coefficient (Wildman–Crippen LogP) is 4.42. The zero-order valence-electron chi connectivity index (χ0n) is 19.9. The minimum Gasteiger partial charge on any atom is -0.507 e. The van der Waals surface area contributed by atoms with Crippen LogP contribution in [0.4, 0.5) is 5.82 Å². The highest BCUT2D eigenvalue weighted by Crippen LogP contribution is 2.47. The van der Waals surface area contributed by atoms with Gasteiger partial charge < -0.3 is 23.8 Å². The fourth-order valence-corrected chi connectivity index (χ4v) is 4.04. The number of aryl methyl sites for hydroxylation is 1. The van der Waals surface area contributed by atoms with E-state index < -0.39 is 17.7 Å². The van der Waals surface area contributed by atoms with Gasteiger partial charge in [-0.05, 0) is 43.7 Å². The summed E-state index contributed by atoms with van der Waals surface area (Å²) in [5, 5.41) is 15.2. The van der Waals surface area contributed by atoms with Crippen LogP contribution in [0.2, 0.25) is 0 Å². The number of ether oxygens (including phenoxy) is 3. The van der Waals surface area contributed by atoms with Gasteiger partial charge in [-0.1, -0.05) is 24.2 Å². The molecule has 1 amide bonds. The van der Waals surface area contributed by atoms with Crippen LogP contribution < -0.4 is 19.1 Å². The number of aliphatic hydroxyl groups excluding tert-OH is 1. The van der Waals surface area contributed by atoms with Crippen molar-refractivity contribution < 1.29 is 33.4 Å². The molecule has 1 saturated heterocycles. The Bertz CT molecular complexity index is 1280. The third-order valence-corrected chi connectivity index (χ3v) is 5.64. The Balaban J connectivity index is 1.91. The van der Waals surface area contributed by atoms with Gasteiger partial charge in [-0.15, -0.1) is 0 Å². The first-order chi connectivity index (χ1) is 16.9. The number of ketones is 1. The van der Waals surface area contributed by atoms with E-state index >= 15 is 0 Å². The number of carbonyl (C=O) groups excluding carboxylic acids is 2. The summed E-state index contributed by atoms with van der Waals surface area (Å²) in [5.74, 6) is -0.0775. The molecule has 1 N–H and O–H groups in total. The standard InChI is InChI=1S/C26H26N2O7/c1-5-13-34-17-11-9-16(10-12-17)23(29)21-22(18-7-6-8-19(32-3)25(18)33-4)28(26(31)24(21)30)20-14-15(2)35-27-20/h6-12,14,22,29H,5,13H2,1-4H3/t22-/m1/s1. The number of nitrogens with zero attached hydrogens (tertiary/aromatic N) is 2. The first-order valence-corrected chi connectivity index (χ1v) is 11.1. The third kappa shape index (κ3) is 4.32. The molecule has 0 saturated carbocycles. The maximum absolute atomic E-state index is 13.3. The topological polar surface area (TPSA) is 111 Å². The Hall–Kier alpha value is -4.27. The first kappa shape index (κ1) is 23.9. The molecule has 2 heterocycles. The number of methoxy groups -OCH3 is 2. The van der Waals surface area contributed by atoms with Crippen molar-refractivity contribution in [1.82, 2.24) is 5.16 Å². The molecule has 1 atom stereocenters. The highest BCUT2D eigenvalue weighted by molar-refractivity contribution is 6.51. The Kier molecular flexibility index (Phi) is 6.77. The number of aromatic nitrogens is 1. The quantitative estimate of drug-likeness (QED) is 0.288. The molecule has 4 rings (SSSR count). The molecule has 9 nitrogen and oxygen atoms in total. The molecule has 182 valence electrons. The van der Waals surface area contributed by atoms with Gasteiger partial charge >= 0.3 is 5.91 Å². The molecular formula is C26H26N2O7. The van der Waals surface area contributed by atoms with E-state index in [1.165, 1.54) is 19.1 Å². The van der Waals surface area contributed by atoms with Gasteiger partial charge in [-0.2, -0.15) is 0 Å².